The number of fused-ring (bicyclic) bond motifs is 3. The SMILES string of the molecule is COc1ccc(C(=O)Nc2ccc(CN3C(=O)[C@]4(O[C@H](CC(=O)N5Cc6ccccc6C[C@H]5CO)[C@@H]([Si](C)(C)O)[C@@H]4C)c4cc(Br)ccc43)cc2)cc1. The molecule has 0 bridgehead atoms. The number of hydrogen-bond donors (Lipinski definition) is 3. The maximum atomic E-state index is 14.9. The highest BCUT2D eigenvalue weighted by Gasteiger charge is 2.66. The largest absolute Gasteiger partial charge is 0.497 e. The summed E-state index contributed by atoms with van der Waals surface area (Å²) in [5.74, 6) is -0.444. The number of benzene rings is 4. The first kappa shape index (κ1) is 37.0. The number of aliphatic hydroxyl groups excluding tert-OH is 1. The summed E-state index contributed by atoms with van der Waals surface area (Å²) < 4.78 is 12.9. The second-order valence-electron chi connectivity index (χ2n) is 14.8. The highest BCUT2D eigenvalue weighted by molar-refractivity contribution is 9.10. The summed E-state index contributed by atoms with van der Waals surface area (Å²) in [7, 11) is -1.45. The summed E-state index contributed by atoms with van der Waals surface area (Å²) in [4.78, 5) is 57.1. The maximum Gasteiger partial charge on any atom is 0.264 e. The van der Waals surface area contributed by atoms with E-state index in [1.165, 1.54) is 0 Å². The standard InChI is InChI=1S/C41H44BrN3O7Si/c1-25-38(53(3,4)50)36(21-37(47)44-23-29-8-6-5-7-28(29)19-32(44)24-46)52-41(25)34-20-30(42)13-18-35(34)45(40(41)49)22-26-9-14-31(15-10-26)43-39(48)27-11-16-33(51-2)17-12-27/h5-18,20,25,32,36,38,46,50H,19,21-24H2,1-4H3,(H,43,48)/t25-,32-,36+,38-,41+/m0/s1. The Balaban J connectivity index is 1.14. The van der Waals surface area contributed by atoms with E-state index in [-0.39, 0.29) is 43.3 Å². The molecular formula is C41H44BrN3O7Si. The van der Waals surface area contributed by atoms with Gasteiger partial charge in [-0.05, 0) is 90.8 Å². The monoisotopic (exact) mass is 797 g/mol. The first-order valence-corrected chi connectivity index (χ1v) is 21.7. The zero-order chi connectivity index (χ0) is 37.7. The Hall–Kier alpha value is -4.33. The van der Waals surface area contributed by atoms with Crippen molar-refractivity contribution in [3.8, 4) is 5.75 Å². The van der Waals surface area contributed by atoms with Crippen LogP contribution >= 0.6 is 15.9 Å². The van der Waals surface area contributed by atoms with E-state index in [1.54, 1.807) is 53.3 Å². The smallest absolute Gasteiger partial charge is 0.264 e. The fourth-order valence-corrected chi connectivity index (χ4v) is 11.5. The number of nitrogens with one attached hydrogen (secondary N) is 1. The van der Waals surface area contributed by atoms with Crippen LogP contribution in [0.2, 0.25) is 18.6 Å². The third-order valence-corrected chi connectivity index (χ3v) is 14.1. The molecule has 0 aromatic heterocycles. The van der Waals surface area contributed by atoms with E-state index in [0.29, 0.717) is 41.2 Å². The average molecular weight is 799 g/mol. The molecule has 3 heterocycles. The predicted octanol–water partition coefficient (Wildman–Crippen LogP) is 6.39. The molecule has 0 aliphatic carbocycles. The van der Waals surface area contributed by atoms with Crippen LogP contribution in [0.5, 0.6) is 5.75 Å². The lowest BCUT2D eigenvalue weighted by atomic mass is 9.82. The highest BCUT2D eigenvalue weighted by Crippen LogP contribution is 2.60. The topological polar surface area (TPSA) is 129 Å². The number of anilines is 2. The van der Waals surface area contributed by atoms with Crippen molar-refractivity contribution in [3.05, 3.63) is 123 Å². The van der Waals surface area contributed by atoms with Crippen molar-refractivity contribution < 1.29 is 33.8 Å². The van der Waals surface area contributed by atoms with Crippen LogP contribution in [0.25, 0.3) is 0 Å². The Morgan fingerprint density at radius 1 is 1.02 bits per heavy atom. The summed E-state index contributed by atoms with van der Waals surface area (Å²) in [5.41, 5.74) is 3.68. The Morgan fingerprint density at radius 2 is 1.72 bits per heavy atom. The molecule has 3 N–H and O–H groups in total. The molecule has 1 spiro atoms. The minimum absolute atomic E-state index is 0.0211. The molecule has 3 aliphatic heterocycles. The molecule has 10 nitrogen and oxygen atoms in total. The number of ether oxygens (including phenoxy) is 2. The van der Waals surface area contributed by atoms with Crippen LogP contribution in [0.3, 0.4) is 0 Å². The molecule has 4 aromatic rings. The van der Waals surface area contributed by atoms with Crippen molar-refractivity contribution in [1.82, 2.24) is 4.90 Å². The van der Waals surface area contributed by atoms with Gasteiger partial charge in [-0.25, -0.2) is 0 Å². The number of nitrogens with zero attached hydrogens (tertiary/aromatic N) is 2. The lowest BCUT2D eigenvalue weighted by Crippen LogP contribution is -2.48. The van der Waals surface area contributed by atoms with Gasteiger partial charge in [0, 0.05) is 39.3 Å². The van der Waals surface area contributed by atoms with Gasteiger partial charge in [-0.15, -0.1) is 0 Å². The number of carbonyl (C=O) groups is 3. The van der Waals surface area contributed by atoms with Crippen molar-refractivity contribution >= 4 is 53.3 Å². The van der Waals surface area contributed by atoms with Gasteiger partial charge in [-0.2, -0.15) is 0 Å². The van der Waals surface area contributed by atoms with Crippen LogP contribution in [0, 0.1) is 5.92 Å². The van der Waals surface area contributed by atoms with E-state index >= 15 is 0 Å². The molecule has 12 heteroatoms. The van der Waals surface area contributed by atoms with Crippen molar-refractivity contribution in [2.45, 2.75) is 69.2 Å². The molecule has 0 saturated carbocycles. The number of aliphatic hydroxyl groups is 1. The van der Waals surface area contributed by atoms with E-state index in [9.17, 15) is 24.3 Å². The zero-order valence-electron chi connectivity index (χ0n) is 30.2. The van der Waals surface area contributed by atoms with Gasteiger partial charge in [0.25, 0.3) is 11.8 Å². The lowest BCUT2D eigenvalue weighted by molar-refractivity contribution is -0.151. The third kappa shape index (κ3) is 6.83. The summed E-state index contributed by atoms with van der Waals surface area (Å²) in [5, 5.41) is 13.2. The van der Waals surface area contributed by atoms with Gasteiger partial charge in [-0.3, -0.25) is 14.4 Å². The van der Waals surface area contributed by atoms with Crippen LogP contribution < -0.4 is 15.0 Å². The molecule has 53 heavy (non-hydrogen) atoms. The predicted molar refractivity (Wildman–Crippen MR) is 208 cm³/mol. The average Bonchev–Trinajstić information content (AvgIpc) is 3.57. The van der Waals surface area contributed by atoms with Gasteiger partial charge >= 0.3 is 0 Å². The van der Waals surface area contributed by atoms with Crippen LogP contribution in [0.1, 0.15) is 46.0 Å². The summed E-state index contributed by atoms with van der Waals surface area (Å²) in [6.45, 7) is 6.11. The number of carbonyl (C=O) groups excluding carboxylic acids is 3. The summed E-state index contributed by atoms with van der Waals surface area (Å²) in [6, 6.07) is 27.5. The van der Waals surface area contributed by atoms with Gasteiger partial charge < -0.3 is 34.5 Å². The van der Waals surface area contributed by atoms with E-state index < -0.39 is 31.5 Å². The quantitative estimate of drug-likeness (QED) is 0.168. The summed E-state index contributed by atoms with van der Waals surface area (Å²) >= 11 is 3.61. The van der Waals surface area contributed by atoms with Gasteiger partial charge in [0.1, 0.15) is 5.75 Å². The summed E-state index contributed by atoms with van der Waals surface area (Å²) in [6.07, 6.45) is -0.184. The molecule has 0 radical (unpaired) electrons. The minimum atomic E-state index is -3.02. The van der Waals surface area contributed by atoms with Crippen LogP contribution in [0.15, 0.2) is 95.5 Å². The highest BCUT2D eigenvalue weighted by atomic mass is 79.9. The van der Waals surface area contributed by atoms with Crippen molar-refractivity contribution in [1.29, 1.82) is 0 Å². The second-order valence-corrected chi connectivity index (χ2v) is 19.7. The van der Waals surface area contributed by atoms with E-state index in [2.05, 4.69) is 21.2 Å². The van der Waals surface area contributed by atoms with Crippen molar-refractivity contribution in [3.63, 3.8) is 0 Å². The lowest BCUT2D eigenvalue weighted by Gasteiger charge is -2.37. The van der Waals surface area contributed by atoms with Crippen LogP contribution in [0.4, 0.5) is 11.4 Å². The van der Waals surface area contributed by atoms with Gasteiger partial charge in [-0.1, -0.05) is 59.3 Å². The van der Waals surface area contributed by atoms with Gasteiger partial charge in [0.05, 0.1) is 44.5 Å². The normalized spacial score (nSPS) is 23.6. The molecule has 3 aliphatic rings. The van der Waals surface area contributed by atoms with Crippen molar-refractivity contribution in [2.75, 3.05) is 23.9 Å². The zero-order valence-corrected chi connectivity index (χ0v) is 32.8. The molecule has 5 atom stereocenters. The number of amides is 3. The van der Waals surface area contributed by atoms with Crippen LogP contribution in [-0.2, 0) is 39.4 Å². The molecule has 4 aromatic carbocycles. The van der Waals surface area contributed by atoms with E-state index in [0.717, 1.165) is 21.2 Å². The molecular weight excluding hydrogens is 754 g/mol. The first-order chi connectivity index (χ1) is 25.3. The third-order valence-electron chi connectivity index (χ3n) is 11.1. The van der Waals surface area contributed by atoms with Crippen LogP contribution in [-0.4, -0.2) is 66.7 Å². The molecule has 276 valence electrons. The number of methoxy groups -OCH3 is 1. The Morgan fingerprint density at radius 3 is 2.38 bits per heavy atom. The molecule has 3 amide bonds. The van der Waals surface area contributed by atoms with Gasteiger partial charge in [0.2, 0.25) is 5.91 Å². The molecule has 0 unspecified atom stereocenters. The Bertz CT molecular complexity index is 2040. The molecule has 1 saturated heterocycles. The Labute approximate surface area is 319 Å². The molecule has 7 rings (SSSR count). The van der Waals surface area contributed by atoms with Crippen molar-refractivity contribution in [2.24, 2.45) is 5.92 Å². The number of rotatable bonds is 9. The fourth-order valence-electron chi connectivity index (χ4n) is 8.56. The number of halogens is 1. The first-order valence-electron chi connectivity index (χ1n) is 17.9. The van der Waals surface area contributed by atoms with E-state index in [4.69, 9.17) is 9.47 Å². The fraction of sp³-hybridized carbons (Fsp3) is 0.341. The van der Waals surface area contributed by atoms with E-state index in [1.807, 2.05) is 74.6 Å². The molecule has 1 fully saturated rings. The minimum Gasteiger partial charge on any atom is -0.497 e. The maximum absolute atomic E-state index is 14.9. The number of hydrogen-bond acceptors (Lipinski definition) is 7. The Kier molecular flexibility index (Phi) is 10.1. The second kappa shape index (κ2) is 14.5. The van der Waals surface area contributed by atoms with Gasteiger partial charge in [0.15, 0.2) is 13.9 Å².